The minimum atomic E-state index is 0.849. The van der Waals surface area contributed by atoms with Gasteiger partial charge in [0.05, 0.1) is 0 Å². The van der Waals surface area contributed by atoms with E-state index >= 15 is 0 Å². The molecule has 0 saturated heterocycles. The molecule has 1 aromatic heterocycles. The third-order valence-electron chi connectivity index (χ3n) is 2.78. The Kier molecular flexibility index (Phi) is 3.77. The fourth-order valence-electron chi connectivity index (χ4n) is 1.71. The van der Waals surface area contributed by atoms with E-state index < -0.39 is 0 Å². The fraction of sp³-hybridized carbons (Fsp3) is 0.286. The first-order chi connectivity index (χ1) is 8.70. The van der Waals surface area contributed by atoms with Crippen molar-refractivity contribution < 1.29 is 0 Å². The predicted molar refractivity (Wildman–Crippen MR) is 75.4 cm³/mol. The molecule has 0 atom stereocenters. The molecule has 0 aliphatic heterocycles. The SMILES string of the molecule is CCNc1cc(N(C)c2ccc(C)cc2)ncn1. The molecular weight excluding hydrogens is 224 g/mol. The molecular formula is C14H18N4. The van der Waals surface area contributed by atoms with Crippen molar-refractivity contribution in [3.63, 3.8) is 0 Å². The summed E-state index contributed by atoms with van der Waals surface area (Å²) in [4.78, 5) is 10.5. The van der Waals surface area contributed by atoms with Crippen LogP contribution >= 0.6 is 0 Å². The molecule has 0 bridgehead atoms. The molecule has 1 N–H and O–H groups in total. The fourth-order valence-corrected chi connectivity index (χ4v) is 1.71. The Bertz CT molecular complexity index is 507. The van der Waals surface area contributed by atoms with Crippen LogP contribution in [0, 0.1) is 6.92 Å². The molecule has 4 heteroatoms. The summed E-state index contributed by atoms with van der Waals surface area (Å²) in [6.07, 6.45) is 1.58. The molecule has 18 heavy (non-hydrogen) atoms. The lowest BCUT2D eigenvalue weighted by atomic mass is 10.2. The van der Waals surface area contributed by atoms with Crippen molar-refractivity contribution in [2.24, 2.45) is 0 Å². The van der Waals surface area contributed by atoms with Gasteiger partial charge in [-0.05, 0) is 26.0 Å². The van der Waals surface area contributed by atoms with E-state index in [1.165, 1.54) is 5.56 Å². The number of nitrogens with one attached hydrogen (secondary N) is 1. The molecule has 0 amide bonds. The molecule has 0 unspecified atom stereocenters. The average molecular weight is 242 g/mol. The lowest BCUT2D eigenvalue weighted by Crippen LogP contribution is -2.12. The van der Waals surface area contributed by atoms with Crippen molar-refractivity contribution in [3.05, 3.63) is 42.2 Å². The van der Waals surface area contributed by atoms with Gasteiger partial charge < -0.3 is 10.2 Å². The van der Waals surface area contributed by atoms with Gasteiger partial charge >= 0.3 is 0 Å². The standard InChI is InChI=1S/C14H18N4/c1-4-15-13-9-14(17-10-16-13)18(3)12-7-5-11(2)6-8-12/h5-10H,4H2,1-3H3,(H,15,16,17). The van der Waals surface area contributed by atoms with E-state index in [4.69, 9.17) is 0 Å². The van der Waals surface area contributed by atoms with Crippen LogP contribution in [-0.2, 0) is 0 Å². The Morgan fingerprint density at radius 1 is 1.17 bits per heavy atom. The Hall–Kier alpha value is -2.10. The number of anilines is 3. The highest BCUT2D eigenvalue weighted by Crippen LogP contribution is 2.22. The van der Waals surface area contributed by atoms with Gasteiger partial charge in [-0.15, -0.1) is 0 Å². The third-order valence-corrected chi connectivity index (χ3v) is 2.78. The van der Waals surface area contributed by atoms with Gasteiger partial charge in [-0.1, -0.05) is 17.7 Å². The monoisotopic (exact) mass is 242 g/mol. The Morgan fingerprint density at radius 3 is 2.56 bits per heavy atom. The first-order valence-electron chi connectivity index (χ1n) is 6.07. The Balaban J connectivity index is 2.24. The van der Waals surface area contributed by atoms with E-state index in [2.05, 4.69) is 46.5 Å². The van der Waals surface area contributed by atoms with E-state index in [1.807, 2.05) is 24.9 Å². The first kappa shape index (κ1) is 12.4. The maximum atomic E-state index is 4.30. The van der Waals surface area contributed by atoms with E-state index in [-0.39, 0.29) is 0 Å². The van der Waals surface area contributed by atoms with Crippen LogP contribution in [0.3, 0.4) is 0 Å². The van der Waals surface area contributed by atoms with Gasteiger partial charge in [0.15, 0.2) is 0 Å². The zero-order valence-electron chi connectivity index (χ0n) is 11.0. The average Bonchev–Trinajstić information content (AvgIpc) is 2.39. The highest BCUT2D eigenvalue weighted by Gasteiger charge is 2.06. The van der Waals surface area contributed by atoms with Gasteiger partial charge in [0.2, 0.25) is 0 Å². The van der Waals surface area contributed by atoms with E-state index in [0.29, 0.717) is 0 Å². The predicted octanol–water partition coefficient (Wildman–Crippen LogP) is 2.98. The van der Waals surface area contributed by atoms with Crippen LogP contribution in [0.15, 0.2) is 36.7 Å². The molecule has 4 nitrogen and oxygen atoms in total. The number of nitrogens with zero attached hydrogens (tertiary/aromatic N) is 3. The van der Waals surface area contributed by atoms with Gasteiger partial charge in [-0.25, -0.2) is 9.97 Å². The second-order valence-corrected chi connectivity index (χ2v) is 4.19. The molecule has 0 radical (unpaired) electrons. The molecule has 2 aromatic rings. The second-order valence-electron chi connectivity index (χ2n) is 4.19. The van der Waals surface area contributed by atoms with Crippen LogP contribution in [-0.4, -0.2) is 23.6 Å². The van der Waals surface area contributed by atoms with Crippen LogP contribution in [0.25, 0.3) is 0 Å². The number of aromatic nitrogens is 2. The van der Waals surface area contributed by atoms with Crippen molar-refractivity contribution in [2.45, 2.75) is 13.8 Å². The van der Waals surface area contributed by atoms with Gasteiger partial charge in [0.25, 0.3) is 0 Å². The summed E-state index contributed by atoms with van der Waals surface area (Å²) >= 11 is 0. The minimum absolute atomic E-state index is 0.849. The van der Waals surface area contributed by atoms with E-state index in [0.717, 1.165) is 23.9 Å². The zero-order valence-corrected chi connectivity index (χ0v) is 11.0. The summed E-state index contributed by atoms with van der Waals surface area (Å²) in [6, 6.07) is 10.3. The highest BCUT2D eigenvalue weighted by molar-refractivity contribution is 5.61. The highest BCUT2D eigenvalue weighted by atomic mass is 15.2. The maximum Gasteiger partial charge on any atom is 0.138 e. The molecule has 0 spiro atoms. The minimum Gasteiger partial charge on any atom is -0.370 e. The third kappa shape index (κ3) is 2.77. The summed E-state index contributed by atoms with van der Waals surface area (Å²) in [6.45, 7) is 4.98. The lowest BCUT2D eigenvalue weighted by molar-refractivity contribution is 1.06. The van der Waals surface area contributed by atoms with Gasteiger partial charge in [0.1, 0.15) is 18.0 Å². The number of aryl methyl sites for hydroxylation is 1. The topological polar surface area (TPSA) is 41.0 Å². The van der Waals surface area contributed by atoms with Crippen molar-refractivity contribution >= 4 is 17.3 Å². The van der Waals surface area contributed by atoms with E-state index in [9.17, 15) is 0 Å². The van der Waals surface area contributed by atoms with E-state index in [1.54, 1.807) is 6.33 Å². The molecule has 94 valence electrons. The van der Waals surface area contributed by atoms with Crippen molar-refractivity contribution in [3.8, 4) is 0 Å². The smallest absolute Gasteiger partial charge is 0.138 e. The molecule has 0 fully saturated rings. The van der Waals surface area contributed by atoms with Crippen molar-refractivity contribution in [1.29, 1.82) is 0 Å². The number of benzene rings is 1. The number of hydrogen-bond donors (Lipinski definition) is 1. The first-order valence-corrected chi connectivity index (χ1v) is 6.07. The van der Waals surface area contributed by atoms with Crippen LogP contribution in [0.2, 0.25) is 0 Å². The lowest BCUT2D eigenvalue weighted by Gasteiger charge is -2.18. The molecule has 2 rings (SSSR count). The zero-order chi connectivity index (χ0) is 13.0. The summed E-state index contributed by atoms with van der Waals surface area (Å²) in [7, 11) is 2.00. The van der Waals surface area contributed by atoms with Crippen LogP contribution in [0.5, 0.6) is 0 Å². The molecule has 1 heterocycles. The van der Waals surface area contributed by atoms with Gasteiger partial charge in [0, 0.05) is 25.3 Å². The maximum absolute atomic E-state index is 4.30. The van der Waals surface area contributed by atoms with Gasteiger partial charge in [-0.2, -0.15) is 0 Å². The second kappa shape index (κ2) is 5.49. The summed E-state index contributed by atoms with van der Waals surface area (Å²) in [5, 5.41) is 3.19. The van der Waals surface area contributed by atoms with Crippen molar-refractivity contribution in [2.75, 3.05) is 23.8 Å². The largest absolute Gasteiger partial charge is 0.370 e. The summed E-state index contributed by atoms with van der Waals surface area (Å²) in [5.41, 5.74) is 2.37. The summed E-state index contributed by atoms with van der Waals surface area (Å²) in [5.74, 6) is 1.73. The van der Waals surface area contributed by atoms with Gasteiger partial charge in [-0.3, -0.25) is 0 Å². The Labute approximate surface area is 108 Å². The molecule has 1 aromatic carbocycles. The van der Waals surface area contributed by atoms with Crippen LogP contribution in [0.1, 0.15) is 12.5 Å². The normalized spacial score (nSPS) is 10.2. The Morgan fingerprint density at radius 2 is 1.89 bits per heavy atom. The van der Waals surface area contributed by atoms with Crippen molar-refractivity contribution in [1.82, 2.24) is 9.97 Å². The van der Waals surface area contributed by atoms with Crippen LogP contribution < -0.4 is 10.2 Å². The number of rotatable bonds is 4. The summed E-state index contributed by atoms with van der Waals surface area (Å²) < 4.78 is 0. The molecule has 0 aliphatic rings. The quantitative estimate of drug-likeness (QED) is 0.895. The molecule has 0 saturated carbocycles. The number of hydrogen-bond acceptors (Lipinski definition) is 4. The van der Waals surface area contributed by atoms with Crippen LogP contribution in [0.4, 0.5) is 17.3 Å². The molecule has 0 aliphatic carbocycles.